The zero-order valence-corrected chi connectivity index (χ0v) is 19.7. The van der Waals surface area contributed by atoms with Gasteiger partial charge >= 0.3 is 0 Å². The predicted molar refractivity (Wildman–Crippen MR) is 121 cm³/mol. The van der Waals surface area contributed by atoms with Gasteiger partial charge in [-0.25, -0.2) is 0 Å². The van der Waals surface area contributed by atoms with E-state index in [0.717, 1.165) is 55.3 Å². The maximum Gasteiger partial charge on any atom is 0.0657 e. The predicted octanol–water partition coefficient (Wildman–Crippen LogP) is 6.50. The van der Waals surface area contributed by atoms with Crippen LogP contribution in [0.15, 0.2) is 11.6 Å². The van der Waals surface area contributed by atoms with Gasteiger partial charge in [-0.3, -0.25) is 0 Å². The molecule has 29 heavy (non-hydrogen) atoms. The molecule has 2 heteroatoms. The molecule has 2 nitrogen and oxygen atoms in total. The number of aliphatic hydroxyl groups is 2. The van der Waals surface area contributed by atoms with Crippen molar-refractivity contribution in [1.29, 1.82) is 0 Å². The van der Waals surface area contributed by atoms with Gasteiger partial charge in [0.05, 0.1) is 11.7 Å². The molecule has 0 radical (unpaired) electrons. The highest BCUT2D eigenvalue weighted by Gasteiger charge is 2.59. The smallest absolute Gasteiger partial charge is 0.0657 e. The molecule has 3 fully saturated rings. The maximum absolute atomic E-state index is 10.7. The van der Waals surface area contributed by atoms with Crippen LogP contribution in [0.5, 0.6) is 0 Å². The third-order valence-electron chi connectivity index (χ3n) is 10.6. The second kappa shape index (κ2) is 7.66. The molecule has 9 atom stereocenters. The molecular formula is C27H46O2. The third-order valence-corrected chi connectivity index (χ3v) is 10.6. The number of allylic oxidation sites excluding steroid dienone is 1. The summed E-state index contributed by atoms with van der Waals surface area (Å²) in [4.78, 5) is 0. The molecule has 4 aliphatic rings. The minimum absolute atomic E-state index is 0.108. The van der Waals surface area contributed by atoms with Gasteiger partial charge in [0, 0.05) is 0 Å². The standard InChI is InChI=1S/C27H46O2/c1-6-20(28)9-7-18(2)22-11-12-23-21-10-8-19-17-25(3,29)15-16-26(19,4)24(21)13-14-27(22,23)5/h8,18,20-24,28-29H,6-7,9-17H2,1-5H3/t18-,20+,21+,22-,23+,24+,25+,26+,27-/m1/s1. The first-order chi connectivity index (χ1) is 13.6. The van der Waals surface area contributed by atoms with Crippen molar-refractivity contribution in [3.05, 3.63) is 11.6 Å². The van der Waals surface area contributed by atoms with Crippen molar-refractivity contribution in [2.45, 2.75) is 117 Å². The van der Waals surface area contributed by atoms with E-state index < -0.39 is 5.60 Å². The molecule has 3 saturated carbocycles. The van der Waals surface area contributed by atoms with Crippen molar-refractivity contribution in [2.75, 3.05) is 0 Å². The van der Waals surface area contributed by atoms with Crippen molar-refractivity contribution in [2.24, 2.45) is 40.4 Å². The average molecular weight is 403 g/mol. The van der Waals surface area contributed by atoms with Crippen molar-refractivity contribution in [3.8, 4) is 0 Å². The Morgan fingerprint density at radius 1 is 1.03 bits per heavy atom. The molecule has 0 heterocycles. The lowest BCUT2D eigenvalue weighted by atomic mass is 9.46. The van der Waals surface area contributed by atoms with E-state index in [2.05, 4.69) is 33.8 Å². The van der Waals surface area contributed by atoms with Crippen LogP contribution >= 0.6 is 0 Å². The van der Waals surface area contributed by atoms with Crippen LogP contribution in [-0.2, 0) is 0 Å². The Bertz CT molecular complexity index is 636. The second-order valence-electron chi connectivity index (χ2n) is 12.3. The summed E-state index contributed by atoms with van der Waals surface area (Å²) in [6.07, 6.45) is 15.4. The Morgan fingerprint density at radius 3 is 2.52 bits per heavy atom. The Labute approximate surface area is 179 Å². The summed E-state index contributed by atoms with van der Waals surface area (Å²) in [5.74, 6) is 4.12. The maximum atomic E-state index is 10.7. The fraction of sp³-hybridized carbons (Fsp3) is 0.926. The van der Waals surface area contributed by atoms with Gasteiger partial charge in [-0.2, -0.15) is 0 Å². The molecule has 0 bridgehead atoms. The number of fused-ring (bicyclic) bond motifs is 5. The topological polar surface area (TPSA) is 40.5 Å². The van der Waals surface area contributed by atoms with Gasteiger partial charge in [-0.15, -0.1) is 0 Å². The molecule has 166 valence electrons. The fourth-order valence-corrected chi connectivity index (χ4v) is 8.64. The molecule has 0 aromatic heterocycles. The van der Waals surface area contributed by atoms with Crippen molar-refractivity contribution >= 4 is 0 Å². The van der Waals surface area contributed by atoms with Crippen LogP contribution in [0, 0.1) is 40.4 Å². The molecule has 0 aliphatic heterocycles. The Kier molecular flexibility index (Phi) is 5.78. The summed E-state index contributed by atoms with van der Waals surface area (Å²) in [5.41, 5.74) is 1.93. The number of hydrogen-bond donors (Lipinski definition) is 2. The molecule has 0 aromatic carbocycles. The van der Waals surface area contributed by atoms with Crippen LogP contribution in [0.2, 0.25) is 0 Å². The van der Waals surface area contributed by atoms with Crippen LogP contribution in [0.1, 0.15) is 105 Å². The minimum Gasteiger partial charge on any atom is -0.393 e. The van der Waals surface area contributed by atoms with Gasteiger partial charge in [-0.1, -0.05) is 39.3 Å². The highest BCUT2D eigenvalue weighted by molar-refractivity contribution is 5.26. The van der Waals surface area contributed by atoms with E-state index in [0.29, 0.717) is 10.8 Å². The number of hydrogen-bond acceptors (Lipinski definition) is 2. The zero-order chi connectivity index (χ0) is 21.0. The first kappa shape index (κ1) is 21.9. The van der Waals surface area contributed by atoms with Crippen LogP contribution in [0.4, 0.5) is 0 Å². The number of aliphatic hydroxyl groups excluding tert-OH is 1. The molecule has 0 amide bonds. The number of rotatable bonds is 5. The van der Waals surface area contributed by atoms with Crippen LogP contribution in [0.25, 0.3) is 0 Å². The first-order valence-electron chi connectivity index (χ1n) is 12.7. The molecule has 4 aliphatic carbocycles. The summed E-state index contributed by atoms with van der Waals surface area (Å²) in [5, 5.41) is 20.7. The summed E-state index contributed by atoms with van der Waals surface area (Å²) < 4.78 is 0. The van der Waals surface area contributed by atoms with Crippen LogP contribution < -0.4 is 0 Å². The first-order valence-corrected chi connectivity index (χ1v) is 12.7. The van der Waals surface area contributed by atoms with Gasteiger partial charge in [0.1, 0.15) is 0 Å². The Balaban J connectivity index is 1.51. The highest BCUT2D eigenvalue weighted by Crippen LogP contribution is 2.67. The lowest BCUT2D eigenvalue weighted by molar-refractivity contribution is -0.0708. The van der Waals surface area contributed by atoms with Crippen LogP contribution in [0.3, 0.4) is 0 Å². The lowest BCUT2D eigenvalue weighted by Gasteiger charge is -2.59. The largest absolute Gasteiger partial charge is 0.393 e. The second-order valence-corrected chi connectivity index (χ2v) is 12.3. The van der Waals surface area contributed by atoms with Gasteiger partial charge < -0.3 is 10.2 Å². The Hall–Kier alpha value is -0.340. The van der Waals surface area contributed by atoms with E-state index in [9.17, 15) is 10.2 Å². The summed E-state index contributed by atoms with van der Waals surface area (Å²) in [6.45, 7) is 11.8. The van der Waals surface area contributed by atoms with E-state index in [1.807, 2.05) is 6.92 Å². The van der Waals surface area contributed by atoms with Crippen molar-refractivity contribution in [1.82, 2.24) is 0 Å². The summed E-state index contributed by atoms with van der Waals surface area (Å²) >= 11 is 0. The van der Waals surface area contributed by atoms with E-state index in [1.165, 1.54) is 44.9 Å². The monoisotopic (exact) mass is 402 g/mol. The molecule has 0 unspecified atom stereocenters. The molecule has 4 rings (SSSR count). The molecular weight excluding hydrogens is 356 g/mol. The quantitative estimate of drug-likeness (QED) is 0.515. The average Bonchev–Trinajstić information content (AvgIpc) is 3.03. The van der Waals surface area contributed by atoms with E-state index in [4.69, 9.17) is 0 Å². The molecule has 0 spiro atoms. The van der Waals surface area contributed by atoms with Crippen molar-refractivity contribution in [3.63, 3.8) is 0 Å². The SMILES string of the molecule is CC[C@H](O)CC[C@@H](C)[C@H]1CC[C@H]2[C@@H]3CC=C4C[C@@](C)(O)CC[C@]4(C)[C@H]3CC[C@]12C. The van der Waals surface area contributed by atoms with Gasteiger partial charge in [-0.05, 0) is 118 Å². The zero-order valence-electron chi connectivity index (χ0n) is 19.7. The highest BCUT2D eigenvalue weighted by atomic mass is 16.3. The van der Waals surface area contributed by atoms with Crippen molar-refractivity contribution < 1.29 is 10.2 Å². The Morgan fingerprint density at radius 2 is 1.79 bits per heavy atom. The third kappa shape index (κ3) is 3.65. The fourth-order valence-electron chi connectivity index (χ4n) is 8.64. The summed E-state index contributed by atoms with van der Waals surface area (Å²) in [7, 11) is 0. The molecule has 0 aromatic rings. The van der Waals surface area contributed by atoms with E-state index >= 15 is 0 Å². The van der Waals surface area contributed by atoms with Gasteiger partial charge in [0.25, 0.3) is 0 Å². The molecule has 0 saturated heterocycles. The van der Waals surface area contributed by atoms with Gasteiger partial charge in [0.15, 0.2) is 0 Å². The normalized spacial score (nSPS) is 48.9. The lowest BCUT2D eigenvalue weighted by Crippen LogP contribution is -2.52. The van der Waals surface area contributed by atoms with E-state index in [-0.39, 0.29) is 6.10 Å². The van der Waals surface area contributed by atoms with Crippen LogP contribution in [-0.4, -0.2) is 21.9 Å². The minimum atomic E-state index is -0.488. The van der Waals surface area contributed by atoms with Gasteiger partial charge in [0.2, 0.25) is 0 Å². The van der Waals surface area contributed by atoms with E-state index in [1.54, 1.807) is 5.57 Å². The molecule has 2 N–H and O–H groups in total. The summed E-state index contributed by atoms with van der Waals surface area (Å²) in [6, 6.07) is 0.